The molecule has 0 saturated carbocycles. The van der Waals surface area contributed by atoms with Gasteiger partial charge < -0.3 is 14.0 Å². The second-order valence-electron chi connectivity index (χ2n) is 6.03. The van der Waals surface area contributed by atoms with E-state index in [4.69, 9.17) is 9.47 Å². The normalized spacial score (nSPS) is 27.7. The van der Waals surface area contributed by atoms with E-state index >= 15 is 0 Å². The SMILES string of the molecule is COCCN1CCO[C@H]2CCN(Cc3cncn3C)C[C@@H]21. The van der Waals surface area contributed by atoms with Crippen LogP contribution in [0.1, 0.15) is 12.1 Å². The predicted molar refractivity (Wildman–Crippen MR) is 80.1 cm³/mol. The van der Waals surface area contributed by atoms with Crippen molar-refractivity contribution in [3.63, 3.8) is 0 Å². The number of hydrogen-bond donors (Lipinski definition) is 0. The Labute approximate surface area is 126 Å². The predicted octanol–water partition coefficient (Wildman–Crippen LogP) is 0.342. The highest BCUT2D eigenvalue weighted by Gasteiger charge is 2.36. The van der Waals surface area contributed by atoms with E-state index in [1.165, 1.54) is 5.69 Å². The molecule has 0 amide bonds. The van der Waals surface area contributed by atoms with Crippen LogP contribution in [0.2, 0.25) is 0 Å². The third kappa shape index (κ3) is 3.45. The largest absolute Gasteiger partial charge is 0.383 e. The Kier molecular flexibility index (Phi) is 4.90. The highest BCUT2D eigenvalue weighted by molar-refractivity contribution is 4.99. The number of piperidine rings is 1. The molecule has 6 heteroatoms. The third-order valence-corrected chi connectivity index (χ3v) is 4.67. The smallest absolute Gasteiger partial charge is 0.0945 e. The van der Waals surface area contributed by atoms with Crippen molar-refractivity contribution < 1.29 is 9.47 Å². The summed E-state index contributed by atoms with van der Waals surface area (Å²) in [6.07, 6.45) is 5.34. The molecule has 0 aromatic carbocycles. The van der Waals surface area contributed by atoms with Crippen LogP contribution in [0, 0.1) is 0 Å². The molecule has 2 fully saturated rings. The van der Waals surface area contributed by atoms with Crippen molar-refractivity contribution in [3.05, 3.63) is 18.2 Å². The lowest BCUT2D eigenvalue weighted by molar-refractivity contribution is -0.108. The minimum Gasteiger partial charge on any atom is -0.383 e. The third-order valence-electron chi connectivity index (χ3n) is 4.67. The Morgan fingerprint density at radius 3 is 3.10 bits per heavy atom. The number of ether oxygens (including phenoxy) is 2. The van der Waals surface area contributed by atoms with Crippen molar-refractivity contribution >= 4 is 0 Å². The van der Waals surface area contributed by atoms with Crippen LogP contribution in [0.3, 0.4) is 0 Å². The monoisotopic (exact) mass is 294 g/mol. The van der Waals surface area contributed by atoms with Gasteiger partial charge in [-0.3, -0.25) is 9.80 Å². The molecule has 118 valence electrons. The van der Waals surface area contributed by atoms with Gasteiger partial charge in [-0.15, -0.1) is 0 Å². The number of likely N-dealkylation sites (tertiary alicyclic amines) is 1. The van der Waals surface area contributed by atoms with Gasteiger partial charge >= 0.3 is 0 Å². The molecule has 0 aliphatic carbocycles. The minimum absolute atomic E-state index is 0.387. The fourth-order valence-corrected chi connectivity index (χ4v) is 3.40. The van der Waals surface area contributed by atoms with E-state index in [9.17, 15) is 0 Å². The summed E-state index contributed by atoms with van der Waals surface area (Å²) >= 11 is 0. The lowest BCUT2D eigenvalue weighted by Gasteiger charge is -2.47. The Hall–Kier alpha value is -0.950. The Balaban J connectivity index is 1.61. The van der Waals surface area contributed by atoms with Crippen LogP contribution in [0.4, 0.5) is 0 Å². The van der Waals surface area contributed by atoms with Crippen LogP contribution < -0.4 is 0 Å². The number of imidazole rings is 1. The van der Waals surface area contributed by atoms with E-state index in [1.807, 2.05) is 12.5 Å². The minimum atomic E-state index is 0.387. The molecule has 6 nitrogen and oxygen atoms in total. The Morgan fingerprint density at radius 1 is 1.43 bits per heavy atom. The van der Waals surface area contributed by atoms with Gasteiger partial charge in [-0.1, -0.05) is 0 Å². The van der Waals surface area contributed by atoms with E-state index in [2.05, 4.69) is 26.4 Å². The number of nitrogens with zero attached hydrogens (tertiary/aromatic N) is 4. The number of fused-ring (bicyclic) bond motifs is 1. The second kappa shape index (κ2) is 6.87. The van der Waals surface area contributed by atoms with Gasteiger partial charge in [-0.25, -0.2) is 4.98 Å². The average molecular weight is 294 g/mol. The van der Waals surface area contributed by atoms with Crippen molar-refractivity contribution in [2.45, 2.75) is 25.1 Å². The molecule has 0 radical (unpaired) electrons. The zero-order valence-corrected chi connectivity index (χ0v) is 13.1. The highest BCUT2D eigenvalue weighted by atomic mass is 16.5. The van der Waals surface area contributed by atoms with Gasteiger partial charge in [0.25, 0.3) is 0 Å². The standard InChI is InChI=1S/C15H26N4O2/c1-17-12-16-9-13(17)10-18-4-3-15-14(11-18)19(5-7-20-2)6-8-21-15/h9,12,14-15H,3-8,10-11H2,1-2H3/t14-,15-/m0/s1. The molecule has 2 aliphatic rings. The van der Waals surface area contributed by atoms with E-state index < -0.39 is 0 Å². The van der Waals surface area contributed by atoms with Gasteiger partial charge in [0.2, 0.25) is 0 Å². The molecule has 3 heterocycles. The van der Waals surface area contributed by atoms with Crippen LogP contribution in [0.25, 0.3) is 0 Å². The molecule has 21 heavy (non-hydrogen) atoms. The topological polar surface area (TPSA) is 42.8 Å². The van der Waals surface area contributed by atoms with E-state index in [0.717, 1.165) is 52.4 Å². The average Bonchev–Trinajstić information content (AvgIpc) is 2.90. The molecule has 0 N–H and O–H groups in total. The first-order valence-corrected chi connectivity index (χ1v) is 7.80. The Bertz CT molecular complexity index is 451. The molecule has 1 aromatic heterocycles. The zero-order chi connectivity index (χ0) is 14.7. The van der Waals surface area contributed by atoms with Crippen LogP contribution in [0.5, 0.6) is 0 Å². The highest BCUT2D eigenvalue weighted by Crippen LogP contribution is 2.23. The summed E-state index contributed by atoms with van der Waals surface area (Å²) in [4.78, 5) is 9.26. The molecule has 2 saturated heterocycles. The molecule has 0 bridgehead atoms. The van der Waals surface area contributed by atoms with Gasteiger partial charge in [0.15, 0.2) is 0 Å². The molecule has 1 aromatic rings. The maximum atomic E-state index is 5.97. The number of morpholine rings is 1. The van der Waals surface area contributed by atoms with Gasteiger partial charge in [0, 0.05) is 59.1 Å². The van der Waals surface area contributed by atoms with Crippen LogP contribution >= 0.6 is 0 Å². The lowest BCUT2D eigenvalue weighted by Crippen LogP contribution is -2.60. The van der Waals surface area contributed by atoms with E-state index in [0.29, 0.717) is 12.1 Å². The molecule has 0 unspecified atom stereocenters. The Morgan fingerprint density at radius 2 is 2.33 bits per heavy atom. The van der Waals surface area contributed by atoms with Gasteiger partial charge in [-0.05, 0) is 6.42 Å². The van der Waals surface area contributed by atoms with Gasteiger partial charge in [0.05, 0.1) is 31.3 Å². The molecule has 0 spiro atoms. The van der Waals surface area contributed by atoms with Crippen LogP contribution in [0.15, 0.2) is 12.5 Å². The molecule has 2 atom stereocenters. The molecular weight excluding hydrogens is 268 g/mol. The molecule has 3 rings (SSSR count). The number of hydrogen-bond acceptors (Lipinski definition) is 5. The molecule has 2 aliphatic heterocycles. The zero-order valence-electron chi connectivity index (χ0n) is 13.1. The van der Waals surface area contributed by atoms with Crippen molar-refractivity contribution in [2.24, 2.45) is 7.05 Å². The summed E-state index contributed by atoms with van der Waals surface area (Å²) in [7, 11) is 3.83. The summed E-state index contributed by atoms with van der Waals surface area (Å²) in [5, 5.41) is 0. The van der Waals surface area contributed by atoms with Gasteiger partial charge in [-0.2, -0.15) is 0 Å². The number of methoxy groups -OCH3 is 1. The second-order valence-corrected chi connectivity index (χ2v) is 6.03. The first kappa shape index (κ1) is 15.0. The first-order valence-electron chi connectivity index (χ1n) is 7.80. The van der Waals surface area contributed by atoms with Crippen LogP contribution in [-0.2, 0) is 23.1 Å². The van der Waals surface area contributed by atoms with E-state index in [1.54, 1.807) is 7.11 Å². The van der Waals surface area contributed by atoms with Gasteiger partial charge in [0.1, 0.15) is 0 Å². The maximum absolute atomic E-state index is 5.97. The fraction of sp³-hybridized carbons (Fsp3) is 0.800. The summed E-state index contributed by atoms with van der Waals surface area (Å²) in [5.74, 6) is 0. The van der Waals surface area contributed by atoms with Crippen molar-refractivity contribution in [3.8, 4) is 0 Å². The summed E-state index contributed by atoms with van der Waals surface area (Å²) in [5.41, 5.74) is 1.27. The summed E-state index contributed by atoms with van der Waals surface area (Å²) < 4.78 is 13.3. The lowest BCUT2D eigenvalue weighted by atomic mass is 9.98. The summed E-state index contributed by atoms with van der Waals surface area (Å²) in [6.45, 7) is 6.81. The van der Waals surface area contributed by atoms with Crippen molar-refractivity contribution in [1.82, 2.24) is 19.4 Å². The fourth-order valence-electron chi connectivity index (χ4n) is 3.40. The first-order chi connectivity index (χ1) is 10.3. The van der Waals surface area contributed by atoms with E-state index in [-0.39, 0.29) is 0 Å². The van der Waals surface area contributed by atoms with Crippen molar-refractivity contribution in [2.75, 3.05) is 46.5 Å². The van der Waals surface area contributed by atoms with Crippen molar-refractivity contribution in [1.29, 1.82) is 0 Å². The number of aryl methyl sites for hydroxylation is 1. The number of rotatable bonds is 5. The quantitative estimate of drug-likeness (QED) is 0.783. The molecular formula is C15H26N4O2. The maximum Gasteiger partial charge on any atom is 0.0945 e. The summed E-state index contributed by atoms with van der Waals surface area (Å²) in [6, 6.07) is 0.496. The number of aromatic nitrogens is 2. The van der Waals surface area contributed by atoms with Crippen LogP contribution in [-0.4, -0.2) is 78.0 Å².